The van der Waals surface area contributed by atoms with Crippen LogP contribution in [0.3, 0.4) is 0 Å². The largest absolute Gasteiger partial charge is 0.354 e. The topological polar surface area (TPSA) is 31.4 Å². The number of nitrogens with zero attached hydrogens (tertiary/aromatic N) is 3. The molecule has 1 aliphatic heterocycles. The molecule has 0 amide bonds. The number of hydrogen-bond acceptors (Lipinski definition) is 4. The van der Waals surface area contributed by atoms with E-state index in [1.165, 1.54) is 18.5 Å². The standard InChI is InChI=1S/C17H30N4/c1-4-8-18-15(3)16-6-7-17(19-14-16)21-12-10-20(9-5-2)11-13-21/h6-7,14-15,18H,4-5,8-13H2,1-3H3. The van der Waals surface area contributed by atoms with E-state index < -0.39 is 0 Å². The number of piperazine rings is 1. The minimum absolute atomic E-state index is 0.382. The predicted octanol–water partition coefficient (Wildman–Crippen LogP) is 2.67. The van der Waals surface area contributed by atoms with Gasteiger partial charge in [-0.15, -0.1) is 0 Å². The van der Waals surface area contributed by atoms with Crippen LogP contribution in [-0.2, 0) is 0 Å². The summed E-state index contributed by atoms with van der Waals surface area (Å²) in [6, 6.07) is 4.77. The number of nitrogens with one attached hydrogen (secondary N) is 1. The average molecular weight is 290 g/mol. The highest BCUT2D eigenvalue weighted by Gasteiger charge is 2.17. The highest BCUT2D eigenvalue weighted by atomic mass is 15.3. The molecule has 118 valence electrons. The first-order valence-electron chi connectivity index (χ1n) is 8.41. The second-order valence-corrected chi connectivity index (χ2v) is 5.95. The maximum Gasteiger partial charge on any atom is 0.128 e. The normalized spacial score (nSPS) is 18.0. The lowest BCUT2D eigenvalue weighted by Gasteiger charge is -2.35. The molecule has 0 aromatic carbocycles. The summed E-state index contributed by atoms with van der Waals surface area (Å²) >= 11 is 0. The molecule has 21 heavy (non-hydrogen) atoms. The van der Waals surface area contributed by atoms with E-state index in [0.29, 0.717) is 6.04 Å². The molecule has 0 saturated carbocycles. The van der Waals surface area contributed by atoms with Gasteiger partial charge >= 0.3 is 0 Å². The Morgan fingerprint density at radius 1 is 1.14 bits per heavy atom. The Bertz CT molecular complexity index is 396. The van der Waals surface area contributed by atoms with Crippen molar-refractivity contribution in [3.8, 4) is 0 Å². The maximum atomic E-state index is 4.67. The first-order valence-corrected chi connectivity index (χ1v) is 8.41. The van der Waals surface area contributed by atoms with Crippen molar-refractivity contribution in [2.75, 3.05) is 44.2 Å². The number of rotatable bonds is 7. The Balaban J connectivity index is 1.88. The Kier molecular flexibility index (Phi) is 6.46. The van der Waals surface area contributed by atoms with E-state index in [2.05, 4.69) is 53.0 Å². The lowest BCUT2D eigenvalue weighted by Crippen LogP contribution is -2.46. The lowest BCUT2D eigenvalue weighted by atomic mass is 10.1. The Hall–Kier alpha value is -1.13. The van der Waals surface area contributed by atoms with Crippen molar-refractivity contribution in [1.29, 1.82) is 0 Å². The fraction of sp³-hybridized carbons (Fsp3) is 0.706. The number of pyridine rings is 1. The third-order valence-electron chi connectivity index (χ3n) is 4.21. The summed E-state index contributed by atoms with van der Waals surface area (Å²) in [7, 11) is 0. The molecule has 4 heteroatoms. The lowest BCUT2D eigenvalue weighted by molar-refractivity contribution is 0.258. The molecule has 1 saturated heterocycles. The van der Waals surface area contributed by atoms with Crippen LogP contribution < -0.4 is 10.2 Å². The van der Waals surface area contributed by atoms with E-state index in [9.17, 15) is 0 Å². The van der Waals surface area contributed by atoms with Gasteiger partial charge in [0, 0.05) is 38.4 Å². The van der Waals surface area contributed by atoms with Gasteiger partial charge in [-0.2, -0.15) is 0 Å². The van der Waals surface area contributed by atoms with Crippen molar-refractivity contribution >= 4 is 5.82 Å². The molecule has 1 aromatic rings. The van der Waals surface area contributed by atoms with Crippen LogP contribution in [0, 0.1) is 0 Å². The molecule has 1 fully saturated rings. The van der Waals surface area contributed by atoms with E-state index in [0.717, 1.165) is 45.0 Å². The molecule has 0 radical (unpaired) electrons. The summed E-state index contributed by atoms with van der Waals surface area (Å²) in [5.41, 5.74) is 1.27. The SMILES string of the molecule is CCCNC(C)c1ccc(N2CCN(CCC)CC2)nc1. The zero-order chi connectivity index (χ0) is 15.1. The molecular weight excluding hydrogens is 260 g/mol. The van der Waals surface area contributed by atoms with Crippen molar-refractivity contribution < 1.29 is 0 Å². The average Bonchev–Trinajstić information content (AvgIpc) is 2.54. The van der Waals surface area contributed by atoms with Crippen LogP contribution in [0.15, 0.2) is 18.3 Å². The van der Waals surface area contributed by atoms with Gasteiger partial charge in [0.2, 0.25) is 0 Å². The van der Waals surface area contributed by atoms with Gasteiger partial charge in [0.25, 0.3) is 0 Å². The highest BCUT2D eigenvalue weighted by Crippen LogP contribution is 2.17. The van der Waals surface area contributed by atoms with Crippen LogP contribution in [0.25, 0.3) is 0 Å². The van der Waals surface area contributed by atoms with Gasteiger partial charge in [0.15, 0.2) is 0 Å². The summed E-state index contributed by atoms with van der Waals surface area (Å²) in [5.74, 6) is 1.12. The fourth-order valence-corrected chi connectivity index (χ4v) is 2.84. The zero-order valence-electron chi connectivity index (χ0n) is 13.8. The third kappa shape index (κ3) is 4.68. The van der Waals surface area contributed by atoms with E-state index in [4.69, 9.17) is 0 Å². The van der Waals surface area contributed by atoms with Crippen molar-refractivity contribution in [1.82, 2.24) is 15.2 Å². The van der Waals surface area contributed by atoms with E-state index in [1.54, 1.807) is 0 Å². The second kappa shape index (κ2) is 8.35. The molecule has 4 nitrogen and oxygen atoms in total. The van der Waals surface area contributed by atoms with Crippen LogP contribution >= 0.6 is 0 Å². The molecular formula is C17H30N4. The maximum absolute atomic E-state index is 4.67. The van der Waals surface area contributed by atoms with Gasteiger partial charge in [0.05, 0.1) is 0 Å². The summed E-state index contributed by atoms with van der Waals surface area (Å²) < 4.78 is 0. The predicted molar refractivity (Wildman–Crippen MR) is 89.9 cm³/mol. The minimum Gasteiger partial charge on any atom is -0.354 e. The van der Waals surface area contributed by atoms with Crippen LogP contribution in [-0.4, -0.2) is 49.2 Å². The second-order valence-electron chi connectivity index (χ2n) is 5.95. The first-order chi connectivity index (χ1) is 10.2. The third-order valence-corrected chi connectivity index (χ3v) is 4.21. The fourth-order valence-electron chi connectivity index (χ4n) is 2.84. The van der Waals surface area contributed by atoms with Crippen molar-refractivity contribution in [2.24, 2.45) is 0 Å². The van der Waals surface area contributed by atoms with E-state index >= 15 is 0 Å². The van der Waals surface area contributed by atoms with E-state index in [1.807, 2.05) is 6.20 Å². The van der Waals surface area contributed by atoms with Gasteiger partial charge in [0.1, 0.15) is 5.82 Å². The minimum atomic E-state index is 0.382. The molecule has 1 aromatic heterocycles. The molecule has 1 N–H and O–H groups in total. The molecule has 1 unspecified atom stereocenters. The number of aromatic nitrogens is 1. The smallest absolute Gasteiger partial charge is 0.128 e. The molecule has 1 atom stereocenters. The summed E-state index contributed by atoms with van der Waals surface area (Å²) in [6.07, 6.45) is 4.44. The van der Waals surface area contributed by atoms with Crippen LogP contribution in [0.1, 0.15) is 45.2 Å². The molecule has 0 spiro atoms. The van der Waals surface area contributed by atoms with Crippen molar-refractivity contribution in [2.45, 2.75) is 39.7 Å². The summed E-state index contributed by atoms with van der Waals surface area (Å²) in [5, 5.41) is 3.51. The van der Waals surface area contributed by atoms with E-state index in [-0.39, 0.29) is 0 Å². The quantitative estimate of drug-likeness (QED) is 0.836. The molecule has 0 aliphatic carbocycles. The van der Waals surface area contributed by atoms with Gasteiger partial charge in [-0.05, 0) is 44.5 Å². The Labute approximate surface area is 129 Å². The zero-order valence-corrected chi connectivity index (χ0v) is 13.8. The molecule has 1 aliphatic rings. The van der Waals surface area contributed by atoms with Crippen LogP contribution in [0.2, 0.25) is 0 Å². The number of hydrogen-bond donors (Lipinski definition) is 1. The first kappa shape index (κ1) is 16.2. The molecule has 0 bridgehead atoms. The monoisotopic (exact) mass is 290 g/mol. The van der Waals surface area contributed by atoms with Crippen molar-refractivity contribution in [3.63, 3.8) is 0 Å². The highest BCUT2D eigenvalue weighted by molar-refractivity contribution is 5.40. The summed E-state index contributed by atoms with van der Waals surface area (Å²) in [6.45, 7) is 13.4. The molecule has 2 rings (SSSR count). The Morgan fingerprint density at radius 3 is 2.48 bits per heavy atom. The van der Waals surface area contributed by atoms with Crippen LogP contribution in [0.5, 0.6) is 0 Å². The summed E-state index contributed by atoms with van der Waals surface area (Å²) in [4.78, 5) is 9.62. The molecule has 2 heterocycles. The van der Waals surface area contributed by atoms with Gasteiger partial charge in [-0.25, -0.2) is 4.98 Å². The number of anilines is 1. The van der Waals surface area contributed by atoms with Gasteiger partial charge in [-0.3, -0.25) is 4.90 Å². The van der Waals surface area contributed by atoms with Crippen LogP contribution in [0.4, 0.5) is 5.82 Å². The van der Waals surface area contributed by atoms with Gasteiger partial charge in [-0.1, -0.05) is 19.9 Å². The Morgan fingerprint density at radius 2 is 1.90 bits per heavy atom. The van der Waals surface area contributed by atoms with Crippen molar-refractivity contribution in [3.05, 3.63) is 23.9 Å². The van der Waals surface area contributed by atoms with Gasteiger partial charge < -0.3 is 10.2 Å².